The van der Waals surface area contributed by atoms with Crippen LogP contribution in [0.3, 0.4) is 0 Å². The number of hydrazine groups is 1. The van der Waals surface area contributed by atoms with E-state index in [4.69, 9.17) is 33.2 Å². The molecule has 0 aliphatic heterocycles. The molecule has 16 heteroatoms. The van der Waals surface area contributed by atoms with Crippen molar-refractivity contribution >= 4 is 66.2 Å². The molecule has 0 saturated heterocycles. The Hall–Kier alpha value is -2.44. The molecule has 0 atom stereocenters. The Balaban J connectivity index is 0.00000408. The summed E-state index contributed by atoms with van der Waals surface area (Å²) >= 11 is 2.25. The number of aromatic amines is 1. The normalized spacial score (nSPS) is 11.5. The molecule has 0 aliphatic carbocycles. The number of hydrogen-bond donors (Lipinski definition) is 8. The van der Waals surface area contributed by atoms with Crippen molar-refractivity contribution in [3.05, 3.63) is 35.6 Å². The fraction of sp³-hybridized carbons (Fsp3) is 0.222. The Kier molecular flexibility index (Phi) is 10.5. The monoisotopic (exact) mass is 529 g/mol. The molecule has 0 amide bonds. The highest BCUT2D eigenvalue weighted by Crippen LogP contribution is 2.42. The lowest BCUT2D eigenvalue weighted by Crippen LogP contribution is -2.26. The van der Waals surface area contributed by atoms with E-state index in [1.54, 1.807) is 17.4 Å². The van der Waals surface area contributed by atoms with Gasteiger partial charge >= 0.3 is 0 Å². The van der Waals surface area contributed by atoms with Crippen LogP contribution in [0.1, 0.15) is 12.0 Å². The van der Waals surface area contributed by atoms with Gasteiger partial charge in [0.15, 0.2) is 11.8 Å². The van der Waals surface area contributed by atoms with Crippen LogP contribution in [-0.4, -0.2) is 35.9 Å². The summed E-state index contributed by atoms with van der Waals surface area (Å²) in [7, 11) is 1.74. The van der Waals surface area contributed by atoms with Gasteiger partial charge in [-0.1, -0.05) is 6.07 Å². The molecule has 0 fully saturated rings. The number of H-pyrrole nitrogens is 1. The minimum Gasteiger partial charge on any atom is -0.382 e. The number of nitrogens with one attached hydrogen (secondary N) is 3. The molecule has 3 aromatic rings. The minimum atomic E-state index is -0.476. The number of anilines is 2. The van der Waals surface area contributed by atoms with Crippen LogP contribution in [0.2, 0.25) is 0 Å². The molecule has 0 aliphatic rings. The zero-order valence-corrected chi connectivity index (χ0v) is 20.9. The van der Waals surface area contributed by atoms with Gasteiger partial charge in [-0.15, -0.1) is 5.10 Å². The van der Waals surface area contributed by atoms with Crippen molar-refractivity contribution in [3.8, 4) is 11.1 Å². The third kappa shape index (κ3) is 6.16. The molecule has 2 aromatic carbocycles. The first-order valence-electron chi connectivity index (χ1n) is 9.69. The van der Waals surface area contributed by atoms with Gasteiger partial charge in [0.2, 0.25) is 0 Å². The Morgan fingerprint density at radius 2 is 2.09 bits per heavy atom. The number of benzene rings is 2. The van der Waals surface area contributed by atoms with Crippen LogP contribution >= 0.6 is 37.7 Å². The second-order valence-corrected chi connectivity index (χ2v) is 8.56. The highest BCUT2D eigenvalue weighted by Gasteiger charge is 2.24. The zero-order chi connectivity index (χ0) is 24.0. The number of nitrogens with zero attached hydrogens (tertiary/aromatic N) is 3. The van der Waals surface area contributed by atoms with E-state index >= 15 is 0 Å². The third-order valence-electron chi connectivity index (χ3n) is 4.58. The van der Waals surface area contributed by atoms with Gasteiger partial charge in [0.1, 0.15) is 18.0 Å². The Labute approximate surface area is 211 Å². The lowest BCUT2D eigenvalue weighted by molar-refractivity contribution is 0.397. The second-order valence-electron chi connectivity index (χ2n) is 6.74. The van der Waals surface area contributed by atoms with Crippen molar-refractivity contribution in [2.75, 3.05) is 30.2 Å². The third-order valence-corrected chi connectivity index (χ3v) is 5.97. The molecule has 0 spiro atoms. The molecule has 13 N–H and O–H groups in total. The predicted octanol–water partition coefficient (Wildman–Crippen LogP) is 0.983. The SMILES string of the molecule is CN(SON)c1c(SNCCCN)ccc(-c2cc(F)cc3[nH]c(N)nc23)c1/C(N)=N/NN.S. The summed E-state index contributed by atoms with van der Waals surface area (Å²) in [6, 6.07) is 6.33. The summed E-state index contributed by atoms with van der Waals surface area (Å²) in [6.45, 7) is 1.25. The molecule has 186 valence electrons. The van der Waals surface area contributed by atoms with E-state index in [1.807, 2.05) is 6.07 Å². The van der Waals surface area contributed by atoms with E-state index in [9.17, 15) is 4.39 Å². The first-order valence-corrected chi connectivity index (χ1v) is 11.2. The number of hydrazone groups is 1. The van der Waals surface area contributed by atoms with Gasteiger partial charge in [0.25, 0.3) is 0 Å². The number of amidine groups is 1. The molecular formula is C18H28FN11OS3. The molecular weight excluding hydrogens is 501 g/mol. The standard InChI is InChI=1S/C18H26FN11OS2.H2S/c1-30(33-31-24)16-13(32-25-6-2-5-20)4-3-10(14(16)17(21)28-29-23)11-7-9(19)8-12-15(11)27-18(22)26-12;/h3-4,7-8,25,29H,2,5-6,20,23-24H2,1H3,(H2,21,28)(H3,22,26,27);1H2. The van der Waals surface area contributed by atoms with Gasteiger partial charge in [-0.2, -0.15) is 13.5 Å². The summed E-state index contributed by atoms with van der Waals surface area (Å²) in [4.78, 5) is 7.95. The van der Waals surface area contributed by atoms with E-state index in [0.717, 1.165) is 23.5 Å². The molecule has 1 heterocycles. The van der Waals surface area contributed by atoms with Crippen molar-refractivity contribution in [2.24, 2.45) is 28.3 Å². The van der Waals surface area contributed by atoms with Crippen molar-refractivity contribution in [1.29, 1.82) is 0 Å². The van der Waals surface area contributed by atoms with Gasteiger partial charge in [-0.3, -0.25) is 9.03 Å². The second kappa shape index (κ2) is 12.9. The number of rotatable bonds is 11. The smallest absolute Gasteiger partial charge is 0.198 e. The molecule has 0 saturated carbocycles. The molecule has 1 aromatic heterocycles. The first kappa shape index (κ1) is 27.8. The Bertz CT molecular complexity index is 1140. The van der Waals surface area contributed by atoms with Crippen LogP contribution in [-0.2, 0) is 4.28 Å². The summed E-state index contributed by atoms with van der Waals surface area (Å²) < 4.78 is 24.2. The number of hydrogen-bond acceptors (Lipinski definition) is 12. The van der Waals surface area contributed by atoms with E-state index in [0.29, 0.717) is 46.5 Å². The summed E-state index contributed by atoms with van der Waals surface area (Å²) in [5.74, 6) is 10.4. The van der Waals surface area contributed by atoms with Crippen LogP contribution in [0.15, 0.2) is 34.3 Å². The van der Waals surface area contributed by atoms with Crippen molar-refractivity contribution in [3.63, 3.8) is 0 Å². The molecule has 0 bridgehead atoms. The summed E-state index contributed by atoms with van der Waals surface area (Å²) in [6.07, 6.45) is 0.798. The fourth-order valence-electron chi connectivity index (χ4n) is 3.29. The maximum Gasteiger partial charge on any atom is 0.198 e. The molecule has 0 unspecified atom stereocenters. The average Bonchev–Trinajstić information content (AvgIpc) is 3.15. The number of nitrogen functional groups attached to an aromatic ring is 1. The van der Waals surface area contributed by atoms with Gasteiger partial charge in [0.05, 0.1) is 22.3 Å². The minimum absolute atomic E-state index is 0. The van der Waals surface area contributed by atoms with Crippen LogP contribution in [0, 0.1) is 5.82 Å². The van der Waals surface area contributed by atoms with Crippen LogP contribution in [0.4, 0.5) is 16.0 Å². The highest BCUT2D eigenvalue weighted by atomic mass is 32.2. The van der Waals surface area contributed by atoms with Gasteiger partial charge in [-0.25, -0.2) is 30.9 Å². The number of fused-ring (bicyclic) bond motifs is 1. The lowest BCUT2D eigenvalue weighted by Gasteiger charge is -2.24. The number of aromatic nitrogens is 2. The van der Waals surface area contributed by atoms with Crippen molar-refractivity contribution < 1.29 is 8.67 Å². The van der Waals surface area contributed by atoms with Gasteiger partial charge in [-0.05, 0) is 48.7 Å². The molecule has 34 heavy (non-hydrogen) atoms. The number of imidazole rings is 1. The summed E-state index contributed by atoms with van der Waals surface area (Å²) in [5.41, 5.74) is 22.9. The Morgan fingerprint density at radius 3 is 2.76 bits per heavy atom. The predicted molar refractivity (Wildman–Crippen MR) is 143 cm³/mol. The zero-order valence-electron chi connectivity index (χ0n) is 18.3. The van der Waals surface area contributed by atoms with E-state index in [1.165, 1.54) is 24.1 Å². The number of halogens is 1. The van der Waals surface area contributed by atoms with Gasteiger partial charge < -0.3 is 22.2 Å². The summed E-state index contributed by atoms with van der Waals surface area (Å²) in [5, 5.41) is 3.96. The van der Waals surface area contributed by atoms with Crippen LogP contribution < -0.4 is 43.5 Å². The van der Waals surface area contributed by atoms with Crippen LogP contribution in [0.25, 0.3) is 22.2 Å². The number of nitrogens with two attached hydrogens (primary N) is 5. The van der Waals surface area contributed by atoms with Crippen LogP contribution in [0.5, 0.6) is 0 Å². The highest BCUT2D eigenvalue weighted by molar-refractivity contribution is 7.98. The maximum atomic E-state index is 14.5. The van der Waals surface area contributed by atoms with Gasteiger partial charge in [0, 0.05) is 24.1 Å². The molecule has 3 rings (SSSR count). The maximum absolute atomic E-state index is 14.5. The van der Waals surface area contributed by atoms with E-state index in [2.05, 4.69) is 25.3 Å². The molecule has 12 nitrogen and oxygen atoms in total. The topological polar surface area (TPSA) is 208 Å². The largest absolute Gasteiger partial charge is 0.382 e. The fourth-order valence-corrected chi connectivity index (χ4v) is 4.61. The van der Waals surface area contributed by atoms with Crippen molar-refractivity contribution in [1.82, 2.24) is 20.2 Å². The Morgan fingerprint density at radius 1 is 1.32 bits per heavy atom. The van der Waals surface area contributed by atoms with E-state index in [-0.39, 0.29) is 25.3 Å². The van der Waals surface area contributed by atoms with E-state index < -0.39 is 5.82 Å². The molecule has 0 radical (unpaired) electrons. The van der Waals surface area contributed by atoms with Crippen molar-refractivity contribution in [2.45, 2.75) is 11.3 Å². The lowest BCUT2D eigenvalue weighted by atomic mass is 9.96. The first-order chi connectivity index (χ1) is 15.9. The average molecular weight is 530 g/mol. The quantitative estimate of drug-likeness (QED) is 0.0332.